The molecule has 1 aromatic heterocycles. The Bertz CT molecular complexity index is 690. The summed E-state index contributed by atoms with van der Waals surface area (Å²) in [5, 5.41) is 3.23. The molecule has 0 aliphatic carbocycles. The third-order valence-corrected chi connectivity index (χ3v) is 3.34. The Balaban J connectivity index is 2.32. The molecule has 0 atom stereocenters. The molecule has 0 saturated carbocycles. The topological polar surface area (TPSA) is 72.4 Å². The van der Waals surface area contributed by atoms with Gasteiger partial charge < -0.3 is 19.7 Å². The number of hydrogen-bond acceptors (Lipinski definition) is 7. The minimum Gasteiger partial charge on any atom is -0.493 e. The van der Waals surface area contributed by atoms with Gasteiger partial charge in [-0.2, -0.15) is 15.0 Å². The normalized spacial score (nSPS) is 10.9. The molecule has 2 rings (SSSR count). The lowest BCUT2D eigenvalue weighted by atomic mass is 10.2. The Morgan fingerprint density at radius 1 is 1.00 bits per heavy atom. The highest BCUT2D eigenvalue weighted by Crippen LogP contribution is 2.32. The number of nitrogens with zero attached hydrogens (tertiary/aromatic N) is 4. The van der Waals surface area contributed by atoms with Gasteiger partial charge in [0.15, 0.2) is 11.5 Å². The monoisotopic (exact) mass is 345 g/mol. The molecule has 7 nitrogen and oxygen atoms in total. The standard InChI is InChI=1S/C18H27N5O2/c1-11(2)16-20-17(22-18(21-16)23(5)6)19-13-8-9-14(25-12(3)4)15(10-13)24-7/h8-12H,1-7H3,(H,19,20,21,22). The van der Waals surface area contributed by atoms with Crippen molar-refractivity contribution in [1.82, 2.24) is 15.0 Å². The minimum atomic E-state index is 0.0764. The lowest BCUT2D eigenvalue weighted by Crippen LogP contribution is -2.16. The molecule has 0 bridgehead atoms. The van der Waals surface area contributed by atoms with E-state index in [9.17, 15) is 0 Å². The van der Waals surface area contributed by atoms with Crippen LogP contribution in [-0.4, -0.2) is 42.3 Å². The molecule has 7 heteroatoms. The van der Waals surface area contributed by atoms with Crippen LogP contribution in [-0.2, 0) is 0 Å². The van der Waals surface area contributed by atoms with Crippen molar-refractivity contribution in [3.63, 3.8) is 0 Å². The van der Waals surface area contributed by atoms with Crippen LogP contribution in [0.5, 0.6) is 11.5 Å². The van der Waals surface area contributed by atoms with Gasteiger partial charge in [-0.1, -0.05) is 13.8 Å². The average molecular weight is 345 g/mol. The zero-order valence-electron chi connectivity index (χ0n) is 16.0. The molecular formula is C18H27N5O2. The van der Waals surface area contributed by atoms with Gasteiger partial charge in [0.1, 0.15) is 5.82 Å². The third kappa shape index (κ3) is 4.95. The molecule has 0 spiro atoms. The number of aromatic nitrogens is 3. The zero-order chi connectivity index (χ0) is 18.6. The molecular weight excluding hydrogens is 318 g/mol. The highest BCUT2D eigenvalue weighted by molar-refractivity contribution is 5.60. The fourth-order valence-electron chi connectivity index (χ4n) is 2.12. The number of ether oxygens (including phenoxy) is 2. The smallest absolute Gasteiger partial charge is 0.232 e. The van der Waals surface area contributed by atoms with E-state index >= 15 is 0 Å². The van der Waals surface area contributed by atoms with Crippen LogP contribution in [0.4, 0.5) is 17.6 Å². The van der Waals surface area contributed by atoms with Gasteiger partial charge in [-0.15, -0.1) is 0 Å². The Morgan fingerprint density at radius 2 is 1.72 bits per heavy atom. The van der Waals surface area contributed by atoms with Crippen molar-refractivity contribution in [3.8, 4) is 11.5 Å². The van der Waals surface area contributed by atoms with E-state index in [0.717, 1.165) is 11.5 Å². The van der Waals surface area contributed by atoms with Crippen molar-refractivity contribution in [1.29, 1.82) is 0 Å². The third-order valence-electron chi connectivity index (χ3n) is 3.34. The number of nitrogens with one attached hydrogen (secondary N) is 1. The van der Waals surface area contributed by atoms with Crippen molar-refractivity contribution in [2.24, 2.45) is 0 Å². The van der Waals surface area contributed by atoms with E-state index in [1.165, 1.54) is 0 Å². The summed E-state index contributed by atoms with van der Waals surface area (Å²) < 4.78 is 11.2. The van der Waals surface area contributed by atoms with Crippen molar-refractivity contribution in [3.05, 3.63) is 24.0 Å². The molecule has 0 aliphatic rings. The number of rotatable bonds is 7. The van der Waals surface area contributed by atoms with Gasteiger partial charge in [-0.05, 0) is 26.0 Å². The maximum atomic E-state index is 5.74. The summed E-state index contributed by atoms with van der Waals surface area (Å²) in [5.41, 5.74) is 0.818. The summed E-state index contributed by atoms with van der Waals surface area (Å²) in [6.07, 6.45) is 0.0764. The van der Waals surface area contributed by atoms with E-state index < -0.39 is 0 Å². The van der Waals surface area contributed by atoms with E-state index in [-0.39, 0.29) is 12.0 Å². The first-order chi connectivity index (χ1) is 11.8. The lowest BCUT2D eigenvalue weighted by Gasteiger charge is -2.16. The van der Waals surface area contributed by atoms with Crippen LogP contribution in [0, 0.1) is 0 Å². The van der Waals surface area contributed by atoms with Gasteiger partial charge in [-0.3, -0.25) is 0 Å². The predicted octanol–water partition coefficient (Wildman–Crippen LogP) is 3.60. The Kier molecular flexibility index (Phi) is 6.01. The Hall–Kier alpha value is -2.57. The Labute approximate surface area is 149 Å². The quantitative estimate of drug-likeness (QED) is 0.822. The summed E-state index contributed by atoms with van der Waals surface area (Å²) >= 11 is 0. The summed E-state index contributed by atoms with van der Waals surface area (Å²) in [7, 11) is 5.44. The molecule has 0 fully saturated rings. The molecule has 0 radical (unpaired) electrons. The molecule has 1 heterocycles. The molecule has 2 aromatic rings. The lowest BCUT2D eigenvalue weighted by molar-refractivity contribution is 0.230. The van der Waals surface area contributed by atoms with E-state index in [1.54, 1.807) is 7.11 Å². The van der Waals surface area contributed by atoms with E-state index in [0.29, 0.717) is 23.4 Å². The van der Waals surface area contributed by atoms with Crippen LogP contribution in [0.2, 0.25) is 0 Å². The molecule has 136 valence electrons. The van der Waals surface area contributed by atoms with Crippen molar-refractivity contribution < 1.29 is 9.47 Å². The van der Waals surface area contributed by atoms with Crippen molar-refractivity contribution in [2.75, 3.05) is 31.4 Å². The molecule has 0 amide bonds. The maximum Gasteiger partial charge on any atom is 0.232 e. The second-order valence-corrected chi connectivity index (χ2v) is 6.52. The SMILES string of the molecule is COc1cc(Nc2nc(C(C)C)nc(N(C)C)n2)ccc1OC(C)C. The van der Waals surface area contributed by atoms with Gasteiger partial charge in [-0.25, -0.2) is 0 Å². The molecule has 1 N–H and O–H groups in total. The second kappa shape index (κ2) is 8.00. The predicted molar refractivity (Wildman–Crippen MR) is 100 cm³/mol. The second-order valence-electron chi connectivity index (χ2n) is 6.52. The molecule has 25 heavy (non-hydrogen) atoms. The fourth-order valence-corrected chi connectivity index (χ4v) is 2.12. The average Bonchev–Trinajstić information content (AvgIpc) is 2.55. The van der Waals surface area contributed by atoms with E-state index in [2.05, 4.69) is 34.1 Å². The van der Waals surface area contributed by atoms with Gasteiger partial charge in [0.2, 0.25) is 11.9 Å². The van der Waals surface area contributed by atoms with E-state index in [1.807, 2.05) is 51.0 Å². The first-order valence-corrected chi connectivity index (χ1v) is 8.35. The summed E-state index contributed by atoms with van der Waals surface area (Å²) in [4.78, 5) is 15.3. The van der Waals surface area contributed by atoms with Gasteiger partial charge in [0.05, 0.1) is 13.2 Å². The van der Waals surface area contributed by atoms with Crippen molar-refractivity contribution in [2.45, 2.75) is 39.7 Å². The number of methoxy groups -OCH3 is 1. The maximum absolute atomic E-state index is 5.74. The van der Waals surface area contributed by atoms with Crippen LogP contribution in [0.1, 0.15) is 39.4 Å². The summed E-state index contributed by atoms with van der Waals surface area (Å²) in [6.45, 7) is 8.07. The van der Waals surface area contributed by atoms with Crippen LogP contribution < -0.4 is 19.7 Å². The highest BCUT2D eigenvalue weighted by Gasteiger charge is 2.13. The first-order valence-electron chi connectivity index (χ1n) is 8.35. The minimum absolute atomic E-state index is 0.0764. The van der Waals surface area contributed by atoms with Gasteiger partial charge in [0, 0.05) is 31.8 Å². The van der Waals surface area contributed by atoms with E-state index in [4.69, 9.17) is 9.47 Å². The summed E-state index contributed by atoms with van der Waals surface area (Å²) in [5.74, 6) is 3.43. The van der Waals surface area contributed by atoms with Crippen LogP contribution in [0.15, 0.2) is 18.2 Å². The molecule has 0 aliphatic heterocycles. The van der Waals surface area contributed by atoms with Crippen molar-refractivity contribution >= 4 is 17.6 Å². The highest BCUT2D eigenvalue weighted by atomic mass is 16.5. The van der Waals surface area contributed by atoms with Gasteiger partial charge in [0.25, 0.3) is 0 Å². The first kappa shape index (κ1) is 18.8. The summed E-state index contributed by atoms with van der Waals surface area (Å²) in [6, 6.07) is 5.65. The molecule has 1 aromatic carbocycles. The molecule has 0 saturated heterocycles. The number of hydrogen-bond donors (Lipinski definition) is 1. The van der Waals surface area contributed by atoms with Crippen LogP contribution in [0.25, 0.3) is 0 Å². The zero-order valence-corrected chi connectivity index (χ0v) is 16.0. The van der Waals surface area contributed by atoms with Crippen LogP contribution in [0.3, 0.4) is 0 Å². The number of anilines is 3. The number of benzene rings is 1. The largest absolute Gasteiger partial charge is 0.493 e. The molecule has 0 unspecified atom stereocenters. The fraction of sp³-hybridized carbons (Fsp3) is 0.500. The van der Waals surface area contributed by atoms with Crippen LogP contribution >= 0.6 is 0 Å². The Morgan fingerprint density at radius 3 is 2.28 bits per heavy atom. The van der Waals surface area contributed by atoms with Gasteiger partial charge >= 0.3 is 0 Å².